The van der Waals surface area contributed by atoms with E-state index in [0.717, 1.165) is 36.0 Å². The van der Waals surface area contributed by atoms with Crippen molar-refractivity contribution in [1.82, 2.24) is 15.1 Å². The van der Waals surface area contributed by atoms with E-state index in [1.54, 1.807) is 4.90 Å². The highest BCUT2D eigenvalue weighted by atomic mass is 35.5. The van der Waals surface area contributed by atoms with Gasteiger partial charge in [-0.05, 0) is 43.2 Å². The van der Waals surface area contributed by atoms with E-state index in [1.807, 2.05) is 0 Å². The molecule has 0 unspecified atom stereocenters. The second-order valence-corrected chi connectivity index (χ2v) is 8.36. The lowest BCUT2D eigenvalue weighted by Gasteiger charge is -2.23. The van der Waals surface area contributed by atoms with Gasteiger partial charge in [0.25, 0.3) is 5.91 Å². The van der Waals surface area contributed by atoms with Crippen LogP contribution in [0.1, 0.15) is 33.7 Å². The summed E-state index contributed by atoms with van der Waals surface area (Å²) in [6.07, 6.45) is 1.34. The van der Waals surface area contributed by atoms with Crippen molar-refractivity contribution in [3.05, 3.63) is 68.9 Å². The fraction of sp³-hybridized carbons (Fsp3) is 0.200. The van der Waals surface area contributed by atoms with Crippen LogP contribution in [0.25, 0.3) is 0 Å². The van der Waals surface area contributed by atoms with E-state index in [-0.39, 0.29) is 15.7 Å². The van der Waals surface area contributed by atoms with Gasteiger partial charge in [-0.25, -0.2) is 18.0 Å². The van der Waals surface area contributed by atoms with Gasteiger partial charge in [0, 0.05) is 24.0 Å². The number of anilines is 2. The Kier molecular flexibility index (Phi) is 6.28. The predicted molar refractivity (Wildman–Crippen MR) is 113 cm³/mol. The Morgan fingerprint density at radius 2 is 1.72 bits per heavy atom. The number of nitrogens with zero attached hydrogens (tertiary/aromatic N) is 3. The van der Waals surface area contributed by atoms with Crippen LogP contribution in [0.2, 0.25) is 5.02 Å². The van der Waals surface area contributed by atoms with E-state index in [2.05, 4.69) is 20.8 Å². The smallest absolute Gasteiger partial charge is 0.320 e. The first-order valence-corrected chi connectivity index (χ1v) is 10.6. The molecule has 2 heterocycles. The van der Waals surface area contributed by atoms with Crippen LogP contribution in [0, 0.1) is 17.5 Å². The van der Waals surface area contributed by atoms with Crippen molar-refractivity contribution in [3.8, 4) is 0 Å². The van der Waals surface area contributed by atoms with E-state index in [1.165, 1.54) is 18.2 Å². The molecule has 1 aliphatic rings. The number of carbonyl (C=O) groups is 2. The van der Waals surface area contributed by atoms with E-state index < -0.39 is 35.4 Å². The Labute approximate surface area is 189 Å². The zero-order valence-electron chi connectivity index (χ0n) is 16.2. The van der Waals surface area contributed by atoms with Crippen LogP contribution < -0.4 is 10.6 Å². The van der Waals surface area contributed by atoms with Crippen molar-refractivity contribution in [2.45, 2.75) is 18.9 Å². The Morgan fingerprint density at radius 3 is 2.44 bits per heavy atom. The van der Waals surface area contributed by atoms with Gasteiger partial charge in [0.1, 0.15) is 10.8 Å². The van der Waals surface area contributed by atoms with Crippen molar-refractivity contribution >= 4 is 46.3 Å². The number of urea groups is 1. The van der Waals surface area contributed by atoms with Gasteiger partial charge in [0.15, 0.2) is 11.6 Å². The lowest BCUT2D eigenvalue weighted by Crippen LogP contribution is -2.34. The van der Waals surface area contributed by atoms with Crippen LogP contribution in [0.5, 0.6) is 0 Å². The quantitative estimate of drug-likeness (QED) is 0.534. The number of carbonyl (C=O) groups excluding carboxylic acids is 2. The first-order chi connectivity index (χ1) is 15.3. The molecule has 3 aromatic rings. The summed E-state index contributed by atoms with van der Waals surface area (Å²) in [7, 11) is 0. The standard InChI is InChI=1S/C20H15ClF3N5O2S/c21-12-8-10(3-5-13(12)22)26-20(31)29-7-1-2-16(29)18-27-28-19(32-18)17(30)25-11-4-6-14(23)15(24)9-11/h3-6,8-9,16H,1-2,7H2,(H,25,30)(H,26,31)/t16-/m1/s1. The first-order valence-electron chi connectivity index (χ1n) is 9.44. The molecule has 4 rings (SSSR count). The number of aromatic nitrogens is 2. The molecule has 1 fully saturated rings. The summed E-state index contributed by atoms with van der Waals surface area (Å²) in [5.41, 5.74) is 0.418. The molecule has 7 nitrogen and oxygen atoms in total. The monoisotopic (exact) mass is 481 g/mol. The summed E-state index contributed by atoms with van der Waals surface area (Å²) in [6.45, 7) is 0.460. The lowest BCUT2D eigenvalue weighted by molar-refractivity contribution is 0.102. The van der Waals surface area contributed by atoms with Crippen molar-refractivity contribution in [3.63, 3.8) is 0 Å². The maximum atomic E-state index is 13.3. The number of rotatable bonds is 4. The van der Waals surface area contributed by atoms with Gasteiger partial charge in [0.2, 0.25) is 5.01 Å². The van der Waals surface area contributed by atoms with Gasteiger partial charge in [-0.1, -0.05) is 22.9 Å². The Balaban J connectivity index is 1.45. The summed E-state index contributed by atoms with van der Waals surface area (Å²) < 4.78 is 39.7. The third-order valence-corrected chi connectivity index (χ3v) is 6.09. The molecule has 0 aliphatic carbocycles. The van der Waals surface area contributed by atoms with E-state index in [4.69, 9.17) is 11.6 Å². The summed E-state index contributed by atoms with van der Waals surface area (Å²) in [5.74, 6) is -3.33. The number of hydrogen-bond acceptors (Lipinski definition) is 5. The fourth-order valence-electron chi connectivity index (χ4n) is 3.26. The number of amides is 3. The minimum atomic E-state index is -1.09. The number of likely N-dealkylation sites (tertiary alicyclic amines) is 1. The molecule has 1 aliphatic heterocycles. The van der Waals surface area contributed by atoms with Crippen LogP contribution in [0.3, 0.4) is 0 Å². The summed E-state index contributed by atoms with van der Waals surface area (Å²) in [6, 6.07) is 6.04. The minimum absolute atomic E-state index is 0.0160. The maximum absolute atomic E-state index is 13.3. The summed E-state index contributed by atoms with van der Waals surface area (Å²) >= 11 is 6.76. The van der Waals surface area contributed by atoms with Gasteiger partial charge < -0.3 is 15.5 Å². The Hall–Kier alpha value is -3.18. The average molecular weight is 482 g/mol. The molecule has 2 aromatic carbocycles. The highest BCUT2D eigenvalue weighted by Gasteiger charge is 2.33. The van der Waals surface area contributed by atoms with Gasteiger partial charge in [-0.15, -0.1) is 10.2 Å². The fourth-order valence-corrected chi connectivity index (χ4v) is 4.32. The molecule has 1 aromatic heterocycles. The van der Waals surface area contributed by atoms with Crippen molar-refractivity contribution in [2.24, 2.45) is 0 Å². The largest absolute Gasteiger partial charge is 0.322 e. The zero-order valence-corrected chi connectivity index (χ0v) is 17.8. The van der Waals surface area contributed by atoms with Gasteiger partial charge in [0.05, 0.1) is 11.1 Å². The topological polar surface area (TPSA) is 87.2 Å². The second-order valence-electron chi connectivity index (χ2n) is 6.94. The summed E-state index contributed by atoms with van der Waals surface area (Å²) in [5, 5.41) is 13.4. The van der Waals surface area contributed by atoms with Crippen molar-refractivity contribution in [1.29, 1.82) is 0 Å². The molecule has 12 heteroatoms. The molecular formula is C20H15ClF3N5O2S. The molecule has 1 atom stereocenters. The molecular weight excluding hydrogens is 467 g/mol. The Bertz CT molecular complexity index is 1190. The minimum Gasteiger partial charge on any atom is -0.320 e. The van der Waals surface area contributed by atoms with E-state index in [9.17, 15) is 22.8 Å². The number of halogens is 4. The van der Waals surface area contributed by atoms with E-state index >= 15 is 0 Å². The third-order valence-electron chi connectivity index (χ3n) is 4.78. The first kappa shape index (κ1) is 22.0. The third kappa shape index (κ3) is 4.68. The highest BCUT2D eigenvalue weighted by Crippen LogP contribution is 2.34. The van der Waals surface area contributed by atoms with Crippen LogP contribution >= 0.6 is 22.9 Å². The predicted octanol–water partition coefficient (Wildman–Crippen LogP) is 5.23. The van der Waals surface area contributed by atoms with Gasteiger partial charge >= 0.3 is 6.03 Å². The number of benzene rings is 2. The van der Waals surface area contributed by atoms with Crippen molar-refractivity contribution in [2.75, 3.05) is 17.2 Å². The molecule has 0 radical (unpaired) electrons. The second kappa shape index (κ2) is 9.13. The van der Waals surface area contributed by atoms with Crippen LogP contribution in [0.15, 0.2) is 36.4 Å². The normalized spacial score (nSPS) is 15.6. The van der Waals surface area contributed by atoms with Crippen LogP contribution in [-0.2, 0) is 0 Å². The maximum Gasteiger partial charge on any atom is 0.322 e. The van der Waals surface area contributed by atoms with Crippen molar-refractivity contribution < 1.29 is 22.8 Å². The van der Waals surface area contributed by atoms with Crippen LogP contribution in [-0.4, -0.2) is 33.6 Å². The molecule has 0 saturated carbocycles. The zero-order chi connectivity index (χ0) is 22.8. The molecule has 0 bridgehead atoms. The molecule has 0 spiro atoms. The SMILES string of the molecule is O=C(Nc1ccc(F)c(F)c1)c1nnc([C@H]2CCCN2C(=O)Nc2ccc(F)c(Cl)c2)s1. The number of hydrogen-bond donors (Lipinski definition) is 2. The van der Waals surface area contributed by atoms with Gasteiger partial charge in [-0.2, -0.15) is 0 Å². The molecule has 1 saturated heterocycles. The average Bonchev–Trinajstić information content (AvgIpc) is 3.43. The van der Waals surface area contributed by atoms with Gasteiger partial charge in [-0.3, -0.25) is 4.79 Å². The molecule has 166 valence electrons. The Morgan fingerprint density at radius 1 is 1.00 bits per heavy atom. The number of nitrogens with one attached hydrogen (secondary N) is 2. The molecule has 32 heavy (non-hydrogen) atoms. The molecule has 2 N–H and O–H groups in total. The highest BCUT2D eigenvalue weighted by molar-refractivity contribution is 7.13. The lowest BCUT2D eigenvalue weighted by atomic mass is 10.2. The molecule has 3 amide bonds. The van der Waals surface area contributed by atoms with Crippen LogP contribution in [0.4, 0.5) is 29.3 Å². The summed E-state index contributed by atoms with van der Waals surface area (Å²) in [4.78, 5) is 26.7. The van der Waals surface area contributed by atoms with E-state index in [0.29, 0.717) is 23.7 Å².